The Morgan fingerprint density at radius 3 is 2.91 bits per heavy atom. The van der Waals surface area contributed by atoms with Crippen LogP contribution in [0.1, 0.15) is 38.5 Å². The summed E-state index contributed by atoms with van der Waals surface area (Å²) in [7, 11) is 0. The summed E-state index contributed by atoms with van der Waals surface area (Å²) < 4.78 is 4.95. The van der Waals surface area contributed by atoms with Crippen molar-refractivity contribution in [3.63, 3.8) is 0 Å². The van der Waals surface area contributed by atoms with Crippen LogP contribution in [-0.4, -0.2) is 23.7 Å². The standard InChI is InChI=1S/C18H26N4/c1-2-7-15(8-3-1)19-12-14-22-17-10-5-4-9-16(17)21-13-6-11-20-18(21)22/h4-5,9-10,15,19H,1-3,6-8,11-14H2/p+2. The van der Waals surface area contributed by atoms with Crippen LogP contribution < -0.4 is 15.2 Å². The van der Waals surface area contributed by atoms with Gasteiger partial charge in [-0.1, -0.05) is 18.6 Å². The van der Waals surface area contributed by atoms with Gasteiger partial charge in [0.05, 0.1) is 19.1 Å². The summed E-state index contributed by atoms with van der Waals surface area (Å²) in [5.74, 6) is 1.31. The van der Waals surface area contributed by atoms with E-state index in [-0.39, 0.29) is 0 Å². The summed E-state index contributed by atoms with van der Waals surface area (Å²) in [6.07, 6.45) is 8.36. The highest BCUT2D eigenvalue weighted by atomic mass is 15.3. The molecule has 0 unspecified atom stereocenters. The molecule has 0 atom stereocenters. The quantitative estimate of drug-likeness (QED) is 0.828. The first-order valence-electron chi connectivity index (χ1n) is 9.02. The van der Waals surface area contributed by atoms with Crippen molar-refractivity contribution in [3.05, 3.63) is 24.3 Å². The smallest absolute Gasteiger partial charge is 0.341 e. The predicted molar refractivity (Wildman–Crippen MR) is 88.9 cm³/mol. The number of hydrogen-bond donors (Lipinski definition) is 2. The van der Waals surface area contributed by atoms with Gasteiger partial charge >= 0.3 is 5.95 Å². The number of imidazole rings is 1. The number of hydrogen-bond acceptors (Lipinski definition) is 1. The Kier molecular flexibility index (Phi) is 4.02. The van der Waals surface area contributed by atoms with Gasteiger partial charge in [-0.15, -0.1) is 0 Å². The number of nitrogens with one attached hydrogen (secondary N) is 1. The SMILES string of the molecule is c1ccc2c(c1)n(CC[NH2+]C1CCCCC1)c1[n+]2CCCN1. The predicted octanol–water partition coefficient (Wildman–Crippen LogP) is 1.64. The van der Waals surface area contributed by atoms with E-state index in [0.717, 1.165) is 25.7 Å². The van der Waals surface area contributed by atoms with Gasteiger partial charge in [0.2, 0.25) is 0 Å². The molecule has 1 saturated carbocycles. The zero-order chi connectivity index (χ0) is 14.8. The van der Waals surface area contributed by atoms with Crippen molar-refractivity contribution in [3.8, 4) is 0 Å². The fraction of sp³-hybridized carbons (Fsp3) is 0.611. The highest BCUT2D eigenvalue weighted by molar-refractivity contribution is 5.74. The largest absolute Gasteiger partial charge is 0.358 e. The van der Waals surface area contributed by atoms with Crippen molar-refractivity contribution in [2.45, 2.75) is 57.7 Å². The highest BCUT2D eigenvalue weighted by Gasteiger charge is 2.26. The molecule has 2 aromatic rings. The lowest BCUT2D eigenvalue weighted by molar-refractivity contribution is -0.693. The number of para-hydroxylation sites is 2. The number of benzene rings is 1. The Bertz CT molecular complexity index is 640. The molecule has 0 saturated heterocycles. The molecule has 0 radical (unpaired) electrons. The first-order valence-corrected chi connectivity index (χ1v) is 9.02. The van der Waals surface area contributed by atoms with Crippen LogP contribution in [0.4, 0.5) is 5.95 Å². The van der Waals surface area contributed by atoms with Gasteiger partial charge in [0, 0.05) is 6.42 Å². The lowest BCUT2D eigenvalue weighted by Gasteiger charge is -2.19. The van der Waals surface area contributed by atoms with Crippen LogP contribution in [-0.2, 0) is 13.1 Å². The lowest BCUT2D eigenvalue weighted by atomic mass is 9.95. The van der Waals surface area contributed by atoms with Crippen LogP contribution in [0.5, 0.6) is 0 Å². The fourth-order valence-corrected chi connectivity index (χ4v) is 4.18. The van der Waals surface area contributed by atoms with Gasteiger partial charge in [-0.2, -0.15) is 0 Å². The average molecular weight is 300 g/mol. The molecular formula is C18H28N4+2. The van der Waals surface area contributed by atoms with E-state index in [2.05, 4.69) is 44.0 Å². The summed E-state index contributed by atoms with van der Waals surface area (Å²) >= 11 is 0. The molecule has 4 rings (SSSR count). The molecule has 3 N–H and O–H groups in total. The minimum Gasteiger partial charge on any atom is -0.341 e. The summed E-state index contributed by atoms with van der Waals surface area (Å²) in [5.41, 5.74) is 2.76. The molecule has 0 amide bonds. The number of fused-ring (bicyclic) bond motifs is 3. The molecule has 4 nitrogen and oxygen atoms in total. The van der Waals surface area contributed by atoms with E-state index >= 15 is 0 Å². The third kappa shape index (κ3) is 2.60. The molecule has 0 spiro atoms. The average Bonchev–Trinajstić information content (AvgIpc) is 2.91. The zero-order valence-corrected chi connectivity index (χ0v) is 13.4. The number of aromatic nitrogens is 2. The number of nitrogens with zero attached hydrogens (tertiary/aromatic N) is 2. The maximum Gasteiger partial charge on any atom is 0.358 e. The number of nitrogens with two attached hydrogens (primary N) is 1. The molecule has 0 bridgehead atoms. The van der Waals surface area contributed by atoms with Crippen molar-refractivity contribution >= 4 is 17.0 Å². The van der Waals surface area contributed by atoms with Gasteiger partial charge in [0.25, 0.3) is 0 Å². The molecular weight excluding hydrogens is 272 g/mol. The van der Waals surface area contributed by atoms with Crippen LogP contribution in [0, 0.1) is 0 Å². The zero-order valence-electron chi connectivity index (χ0n) is 13.4. The number of anilines is 1. The van der Waals surface area contributed by atoms with Crippen LogP contribution in [0.25, 0.3) is 11.0 Å². The van der Waals surface area contributed by atoms with E-state index in [1.165, 1.54) is 62.1 Å². The molecule has 1 aliphatic heterocycles. The second-order valence-electron chi connectivity index (χ2n) is 6.82. The molecule has 118 valence electrons. The summed E-state index contributed by atoms with van der Waals surface area (Å²) in [4.78, 5) is 0. The Labute approximate surface area is 132 Å². The van der Waals surface area contributed by atoms with Crippen molar-refractivity contribution in [2.24, 2.45) is 0 Å². The summed E-state index contributed by atoms with van der Waals surface area (Å²) in [6.45, 7) is 4.54. The monoisotopic (exact) mass is 300 g/mol. The first-order chi connectivity index (χ1) is 10.9. The van der Waals surface area contributed by atoms with E-state index in [1.807, 2.05) is 0 Å². The van der Waals surface area contributed by atoms with Gasteiger partial charge in [-0.25, -0.2) is 9.13 Å². The number of quaternary nitrogens is 1. The molecule has 2 aliphatic rings. The van der Waals surface area contributed by atoms with Crippen LogP contribution in [0.3, 0.4) is 0 Å². The van der Waals surface area contributed by atoms with Gasteiger partial charge in [0.1, 0.15) is 24.1 Å². The van der Waals surface area contributed by atoms with E-state index in [0.29, 0.717) is 0 Å². The Morgan fingerprint density at radius 2 is 2.00 bits per heavy atom. The minimum absolute atomic E-state index is 0.868. The van der Waals surface area contributed by atoms with Crippen molar-refractivity contribution in [1.29, 1.82) is 0 Å². The molecule has 2 heterocycles. The fourth-order valence-electron chi connectivity index (χ4n) is 4.18. The van der Waals surface area contributed by atoms with Crippen LogP contribution >= 0.6 is 0 Å². The van der Waals surface area contributed by atoms with Gasteiger partial charge in [-0.3, -0.25) is 5.32 Å². The van der Waals surface area contributed by atoms with Crippen LogP contribution in [0.2, 0.25) is 0 Å². The maximum absolute atomic E-state index is 3.62. The lowest BCUT2D eigenvalue weighted by Crippen LogP contribution is -2.90. The molecule has 1 aliphatic carbocycles. The molecule has 1 fully saturated rings. The topological polar surface area (TPSA) is 37.4 Å². The molecule has 1 aromatic carbocycles. The first kappa shape index (κ1) is 14.1. The Morgan fingerprint density at radius 1 is 1.14 bits per heavy atom. The van der Waals surface area contributed by atoms with E-state index in [4.69, 9.17) is 0 Å². The molecule has 1 aromatic heterocycles. The summed E-state index contributed by atoms with van der Waals surface area (Å²) in [6, 6.07) is 9.71. The second kappa shape index (κ2) is 6.29. The van der Waals surface area contributed by atoms with E-state index in [1.54, 1.807) is 0 Å². The Balaban J connectivity index is 1.53. The van der Waals surface area contributed by atoms with Crippen molar-refractivity contribution in [1.82, 2.24) is 4.57 Å². The van der Waals surface area contributed by atoms with Crippen LogP contribution in [0.15, 0.2) is 24.3 Å². The van der Waals surface area contributed by atoms with E-state index in [9.17, 15) is 0 Å². The molecule has 4 heteroatoms. The maximum atomic E-state index is 3.62. The third-order valence-electron chi connectivity index (χ3n) is 5.32. The van der Waals surface area contributed by atoms with Crippen molar-refractivity contribution in [2.75, 3.05) is 18.4 Å². The number of aryl methyl sites for hydroxylation is 1. The van der Waals surface area contributed by atoms with Gasteiger partial charge in [-0.05, 0) is 37.8 Å². The van der Waals surface area contributed by atoms with Crippen molar-refractivity contribution < 1.29 is 9.88 Å². The third-order valence-corrected chi connectivity index (χ3v) is 5.32. The number of rotatable bonds is 4. The van der Waals surface area contributed by atoms with Gasteiger partial charge in [0.15, 0.2) is 0 Å². The molecule has 22 heavy (non-hydrogen) atoms. The second-order valence-corrected chi connectivity index (χ2v) is 6.82. The highest BCUT2D eigenvalue weighted by Crippen LogP contribution is 2.20. The normalized spacial score (nSPS) is 19.1. The Hall–Kier alpha value is -1.55. The summed E-state index contributed by atoms with van der Waals surface area (Å²) in [5, 5.41) is 6.21. The van der Waals surface area contributed by atoms with E-state index < -0.39 is 0 Å². The van der Waals surface area contributed by atoms with Gasteiger partial charge < -0.3 is 5.32 Å². The minimum atomic E-state index is 0.868.